The van der Waals surface area contributed by atoms with Crippen LogP contribution in [0.5, 0.6) is 0 Å². The van der Waals surface area contributed by atoms with Crippen molar-refractivity contribution in [2.24, 2.45) is 0 Å². The molecule has 149 heavy (non-hydrogen) atoms. The van der Waals surface area contributed by atoms with Crippen molar-refractivity contribution in [2.75, 3.05) is 0 Å². The topological polar surface area (TPSA) is 44.4 Å². The summed E-state index contributed by atoms with van der Waals surface area (Å²) in [5.41, 5.74) is 39.5. The zero-order valence-electron chi connectivity index (χ0n) is 81.8. The SMILES string of the molecule is Cc1cc(-n2c3ccccc3c3ccccc32)cc(-n2c3ccc(-c4ccccc4)cc3c3c4c5ccccc5n(-c5ccccc5)c4ccc32)c1.Cc1ccc2c(c1)c1c3c4ccccc4n(-c4ccccc4)c3ccc1n2-c1cccc(-n2c3ccccc3c3ccccc32)c1.c1ccc(-c2ccc3c(c2)c2c4c5ccccc5n(-c5ccccc5)c4ccc2n3-c2cccc(-n3c4ccccc4c4ccccc43)c2)cc1. The minimum absolute atomic E-state index is 1.13. The highest BCUT2D eigenvalue weighted by atomic mass is 15.1. The summed E-state index contributed by atoms with van der Waals surface area (Å²) >= 11 is 0. The monoisotopic (exact) mass is 1900 g/mol. The van der Waals surface area contributed by atoms with E-state index in [1.807, 2.05) is 0 Å². The molecular formula is C140H93N9. The molecule has 9 heteroatoms. The summed E-state index contributed by atoms with van der Waals surface area (Å²) < 4.78 is 21.9. The van der Waals surface area contributed by atoms with Crippen molar-refractivity contribution in [1.82, 2.24) is 41.1 Å². The lowest BCUT2D eigenvalue weighted by molar-refractivity contribution is 1.12. The maximum Gasteiger partial charge on any atom is 0.0548 e. The van der Waals surface area contributed by atoms with Crippen LogP contribution in [-0.2, 0) is 0 Å². The molecule has 0 fully saturated rings. The predicted molar refractivity (Wildman–Crippen MR) is 629 cm³/mol. The fourth-order valence-electron chi connectivity index (χ4n) is 25.0. The van der Waals surface area contributed by atoms with Gasteiger partial charge in [-0.05, 0) is 260 Å². The van der Waals surface area contributed by atoms with Crippen LogP contribution in [0.2, 0.25) is 0 Å². The van der Waals surface area contributed by atoms with E-state index in [4.69, 9.17) is 0 Å². The second-order valence-corrected chi connectivity index (χ2v) is 39.5. The van der Waals surface area contributed by atoms with Crippen LogP contribution in [0.3, 0.4) is 0 Å². The van der Waals surface area contributed by atoms with Crippen LogP contribution < -0.4 is 0 Å². The largest absolute Gasteiger partial charge is 0.309 e. The fourth-order valence-corrected chi connectivity index (χ4v) is 25.0. The smallest absolute Gasteiger partial charge is 0.0548 e. The molecule has 0 N–H and O–H groups in total. The molecule has 32 aromatic rings. The van der Waals surface area contributed by atoms with Crippen molar-refractivity contribution >= 4 is 196 Å². The quantitative estimate of drug-likeness (QED) is 0.124. The molecule has 32 rings (SSSR count). The van der Waals surface area contributed by atoms with E-state index in [-0.39, 0.29) is 0 Å². The zero-order chi connectivity index (χ0) is 98.2. The molecule has 9 heterocycles. The van der Waals surface area contributed by atoms with E-state index in [9.17, 15) is 0 Å². The first-order chi connectivity index (χ1) is 73.8. The molecule has 0 bridgehead atoms. The number of nitrogens with zero attached hydrogens (tertiary/aromatic N) is 9. The summed E-state index contributed by atoms with van der Waals surface area (Å²) in [5.74, 6) is 0. The Kier molecular flexibility index (Phi) is 19.4. The average Bonchev–Trinajstić information content (AvgIpc) is 1.55. The van der Waals surface area contributed by atoms with Gasteiger partial charge in [-0.1, -0.05) is 315 Å². The van der Waals surface area contributed by atoms with Crippen molar-refractivity contribution in [2.45, 2.75) is 13.8 Å². The number of benzene rings is 23. The van der Waals surface area contributed by atoms with E-state index in [1.165, 1.54) is 235 Å². The van der Waals surface area contributed by atoms with Gasteiger partial charge in [0.05, 0.1) is 99.3 Å². The summed E-state index contributed by atoms with van der Waals surface area (Å²) in [6.07, 6.45) is 0. The highest BCUT2D eigenvalue weighted by molar-refractivity contribution is 6.33. The van der Waals surface area contributed by atoms with Gasteiger partial charge in [-0.15, -0.1) is 0 Å². The molecule has 9 nitrogen and oxygen atoms in total. The molecule has 0 unspecified atom stereocenters. The maximum absolute atomic E-state index is 2.48. The van der Waals surface area contributed by atoms with Gasteiger partial charge in [0.25, 0.3) is 0 Å². The van der Waals surface area contributed by atoms with Crippen molar-refractivity contribution in [1.29, 1.82) is 0 Å². The van der Waals surface area contributed by atoms with Crippen LogP contribution in [0.1, 0.15) is 11.1 Å². The van der Waals surface area contributed by atoms with Gasteiger partial charge in [-0.2, -0.15) is 0 Å². The Morgan fingerprint density at radius 1 is 0.101 bits per heavy atom. The van der Waals surface area contributed by atoms with Gasteiger partial charge in [0, 0.05) is 148 Å². The van der Waals surface area contributed by atoms with Crippen LogP contribution in [0.4, 0.5) is 0 Å². The first-order valence-corrected chi connectivity index (χ1v) is 51.4. The second kappa shape index (κ2) is 34.0. The summed E-state index contributed by atoms with van der Waals surface area (Å²) in [4.78, 5) is 0. The standard InChI is InChI=1S/C49H33N3.C48H31N3.C43H29N3/c1-32-28-36(51-42-21-11-8-18-38(42)39-19-9-12-22-43(39)51)31-37(29-32)52-45-25-24-34(33-14-4-2-5-15-33)30-41(45)49-47(52)27-26-46-48(49)40-20-10-13-23-44(40)50(46)35-16-6-3-7-17-35;1-3-14-32(15-4-1)33-26-27-44-40(30-33)48-46(29-28-45-47(48)39-22-9-12-25-43(39)49(45)34-16-5-2-6-17-34)51(44)36-19-13-18-35(31-36)50-41-23-10-7-20-37(41)38-21-8-11-24-42(38)50;1-28-22-23-39-35(26-28)43-41(25-24-40-42(43)34-18-7-10-21-38(34)44(40)29-12-3-2-4-13-29)46(39)31-15-11-14-30(27-31)45-36-19-8-5-16-32(36)33-17-6-9-20-37(33)45/h2-31H,1H3;1-31H;2-27H,1H3. The molecule has 0 aliphatic carbocycles. The number of aryl methyl sites for hydroxylation is 2. The van der Waals surface area contributed by atoms with E-state index in [0.29, 0.717) is 0 Å². The van der Waals surface area contributed by atoms with E-state index < -0.39 is 0 Å². The van der Waals surface area contributed by atoms with Gasteiger partial charge in [-0.25, -0.2) is 0 Å². The molecule has 0 spiro atoms. The Balaban J connectivity index is 0.000000103. The second-order valence-electron chi connectivity index (χ2n) is 39.5. The average molecular weight is 1900 g/mol. The highest BCUT2D eigenvalue weighted by Crippen LogP contribution is 2.50. The highest BCUT2D eigenvalue weighted by Gasteiger charge is 2.29. The van der Waals surface area contributed by atoms with Gasteiger partial charge in [0.1, 0.15) is 0 Å². The molecule has 0 atom stereocenters. The molecule has 0 amide bonds. The van der Waals surface area contributed by atoms with E-state index >= 15 is 0 Å². The molecule has 0 radical (unpaired) electrons. The molecule has 0 aliphatic rings. The Labute approximate surface area is 857 Å². The van der Waals surface area contributed by atoms with Crippen molar-refractivity contribution < 1.29 is 0 Å². The summed E-state index contributed by atoms with van der Waals surface area (Å²) in [5, 5.41) is 22.9. The number of aromatic nitrogens is 9. The Morgan fingerprint density at radius 2 is 0.289 bits per heavy atom. The predicted octanol–water partition coefficient (Wildman–Crippen LogP) is 36.9. The fraction of sp³-hybridized carbons (Fsp3) is 0.0143. The molecular weight excluding hydrogens is 1810 g/mol. The normalized spacial score (nSPS) is 12.0. The third kappa shape index (κ3) is 13.2. The van der Waals surface area contributed by atoms with Crippen molar-refractivity contribution in [3.63, 3.8) is 0 Å². The summed E-state index contributed by atoms with van der Waals surface area (Å²) in [6, 6.07) is 192. The van der Waals surface area contributed by atoms with Gasteiger partial charge in [0.2, 0.25) is 0 Å². The Bertz CT molecular complexity index is 10900. The molecule has 9 aromatic heterocycles. The van der Waals surface area contributed by atoms with E-state index in [0.717, 1.165) is 45.5 Å². The first-order valence-electron chi connectivity index (χ1n) is 51.4. The van der Waals surface area contributed by atoms with Gasteiger partial charge < -0.3 is 41.1 Å². The molecule has 0 saturated carbocycles. The maximum atomic E-state index is 2.48. The number of hydrogen-bond acceptors (Lipinski definition) is 0. The molecule has 0 saturated heterocycles. The minimum Gasteiger partial charge on any atom is -0.309 e. The van der Waals surface area contributed by atoms with E-state index in [2.05, 4.69) is 583 Å². The van der Waals surface area contributed by atoms with Gasteiger partial charge >= 0.3 is 0 Å². The van der Waals surface area contributed by atoms with Crippen LogP contribution >= 0.6 is 0 Å². The number of rotatable bonds is 11. The number of hydrogen-bond donors (Lipinski definition) is 0. The van der Waals surface area contributed by atoms with Crippen LogP contribution in [0.15, 0.2) is 528 Å². The third-order valence-electron chi connectivity index (χ3n) is 31.1. The Hall–Kier alpha value is -19.7. The summed E-state index contributed by atoms with van der Waals surface area (Å²) in [6.45, 7) is 4.41. The lowest BCUT2D eigenvalue weighted by Crippen LogP contribution is -2.00. The molecule has 0 aliphatic heterocycles. The molecule has 23 aromatic carbocycles. The molecule has 698 valence electrons. The van der Waals surface area contributed by atoms with Crippen molar-refractivity contribution in [3.8, 4) is 73.4 Å². The lowest BCUT2D eigenvalue weighted by Gasteiger charge is -2.14. The summed E-state index contributed by atoms with van der Waals surface area (Å²) in [7, 11) is 0. The Morgan fingerprint density at radius 3 is 0.584 bits per heavy atom. The van der Waals surface area contributed by atoms with E-state index in [1.54, 1.807) is 0 Å². The first kappa shape index (κ1) is 84.9. The van der Waals surface area contributed by atoms with Crippen LogP contribution in [0.25, 0.3) is 270 Å². The van der Waals surface area contributed by atoms with Gasteiger partial charge in [0.15, 0.2) is 0 Å². The number of para-hydroxylation sites is 12. The zero-order valence-corrected chi connectivity index (χ0v) is 81.8. The van der Waals surface area contributed by atoms with Crippen LogP contribution in [-0.4, -0.2) is 41.1 Å². The minimum atomic E-state index is 1.13. The van der Waals surface area contributed by atoms with Gasteiger partial charge in [-0.3, -0.25) is 0 Å². The third-order valence-corrected chi connectivity index (χ3v) is 31.1. The number of fused-ring (bicyclic) bond motifs is 30. The van der Waals surface area contributed by atoms with Crippen LogP contribution in [0, 0.1) is 13.8 Å². The van der Waals surface area contributed by atoms with Crippen molar-refractivity contribution in [3.05, 3.63) is 539 Å². The lowest BCUT2D eigenvalue weighted by atomic mass is 10.0.